The number of aliphatic hydroxyl groups is 1. The van der Waals surface area contributed by atoms with Crippen LogP contribution in [0, 0.1) is 0 Å². The highest BCUT2D eigenvalue weighted by Gasteiger charge is 1.35. The summed E-state index contributed by atoms with van der Waals surface area (Å²) in [6.45, 7) is 1.75. The van der Waals surface area contributed by atoms with Crippen LogP contribution in [0.5, 0.6) is 0 Å². The van der Waals surface area contributed by atoms with Gasteiger partial charge in [0.1, 0.15) is 0 Å². The van der Waals surface area contributed by atoms with Crippen molar-refractivity contribution < 1.29 is 5.11 Å². The molecule has 0 radical (unpaired) electrons. The number of rotatable bonds is 0. The van der Waals surface area contributed by atoms with E-state index in [1.165, 1.54) is 0 Å². The lowest BCUT2D eigenvalue weighted by molar-refractivity contribution is 0.472. The van der Waals surface area contributed by atoms with E-state index in [2.05, 4.69) is 0 Å². The minimum atomic E-state index is 1.00. The monoisotopic (exact) mass is 58.0 g/mol. The van der Waals surface area contributed by atoms with Crippen LogP contribution < -0.4 is 0 Å². The molecule has 0 heterocycles. The second-order valence-electron chi connectivity index (χ2n) is 0.482. The third kappa shape index (κ3) is 1.54. The first-order valence-corrected chi connectivity index (χ1v) is 1.17. The Bertz CT molecular complexity index is 18.5. The summed E-state index contributed by atoms with van der Waals surface area (Å²) in [5.74, 6) is 0. The lowest BCUT2D eigenvalue weighted by atomic mass is 10.8. The summed E-state index contributed by atoms with van der Waals surface area (Å²) in [5.41, 5.74) is 0. The molecule has 0 atom stereocenters. The summed E-state index contributed by atoms with van der Waals surface area (Å²) in [6, 6.07) is 0. The quantitative estimate of drug-likeness (QED) is 0.413. The summed E-state index contributed by atoms with van der Waals surface area (Å²) >= 11 is 0. The first kappa shape index (κ1) is 3.54. The molecule has 0 saturated heterocycles. The lowest BCUT2D eigenvalue weighted by Gasteiger charge is -1.53. The van der Waals surface area contributed by atoms with Crippen molar-refractivity contribution in [2.75, 3.05) is 0 Å². The molecule has 4 heavy (non-hydrogen) atoms. The van der Waals surface area contributed by atoms with Gasteiger partial charge in [-0.15, -0.1) is 0 Å². The molecule has 1 nitrogen and oxygen atoms in total. The summed E-state index contributed by atoms with van der Waals surface area (Å²) < 4.78 is 0. The summed E-state index contributed by atoms with van der Waals surface area (Å²) in [6.07, 6.45) is 2.56. The van der Waals surface area contributed by atoms with Crippen molar-refractivity contribution in [2.24, 2.45) is 0 Å². The highest BCUT2D eigenvalue weighted by atomic mass is 16.2. The smallest absolute Gasteiger partial charge is 0.0748 e. The largest absolute Gasteiger partial charge is 0.516 e. The maximum absolute atomic E-state index is 7.69. The molecule has 0 aromatic rings. The highest BCUT2D eigenvalue weighted by Crippen LogP contribution is 1.51. The van der Waals surface area contributed by atoms with Gasteiger partial charge in [-0.1, -0.05) is 6.08 Å². The van der Waals surface area contributed by atoms with Gasteiger partial charge in [-0.3, -0.25) is 0 Å². The fourth-order valence-corrected chi connectivity index (χ4v) is 0. The van der Waals surface area contributed by atoms with Crippen LogP contribution in [0.15, 0.2) is 12.3 Å². The standard InChI is InChI=1S/C3H6O/c1-2-3-4/h2-4H,1H3/b3-2-. The normalized spacial score (nSPS) is 9.25. The van der Waals surface area contributed by atoms with Crippen molar-refractivity contribution in [3.8, 4) is 0 Å². The molecule has 0 fully saturated rings. The van der Waals surface area contributed by atoms with Gasteiger partial charge in [0.15, 0.2) is 0 Å². The molecule has 0 rings (SSSR count). The zero-order valence-corrected chi connectivity index (χ0v) is 2.60. The van der Waals surface area contributed by atoms with Crippen molar-refractivity contribution in [1.29, 1.82) is 0 Å². The van der Waals surface area contributed by atoms with E-state index < -0.39 is 0 Å². The van der Waals surface area contributed by atoms with Crippen LogP contribution in [0.3, 0.4) is 0 Å². The minimum absolute atomic E-state index is 1.00. The van der Waals surface area contributed by atoms with Crippen LogP contribution in [0.2, 0.25) is 0 Å². The molecule has 0 aliphatic heterocycles. The average Bonchev–Trinajstić information content (AvgIpc) is 1.37. The number of aliphatic hydroxyl groups excluding tert-OH is 1. The van der Waals surface area contributed by atoms with E-state index in [4.69, 9.17) is 5.11 Å². The Morgan fingerprint density at radius 3 is 2.00 bits per heavy atom. The van der Waals surface area contributed by atoms with Gasteiger partial charge in [0.25, 0.3) is 0 Å². The molecule has 0 amide bonds. The zero-order chi connectivity index (χ0) is 3.41. The highest BCUT2D eigenvalue weighted by molar-refractivity contribution is 4.60. The molecule has 1 N–H and O–H groups in total. The minimum Gasteiger partial charge on any atom is -0.516 e. The van der Waals surface area contributed by atoms with Gasteiger partial charge in [-0.05, 0) is 6.92 Å². The Morgan fingerprint density at radius 1 is 1.75 bits per heavy atom. The third-order valence-electron chi connectivity index (χ3n) is 0.149. The molecule has 1 heteroatoms. The molecule has 0 aromatic heterocycles. The fourth-order valence-electron chi connectivity index (χ4n) is 0. The van der Waals surface area contributed by atoms with Crippen molar-refractivity contribution in [3.05, 3.63) is 12.3 Å². The molecule has 0 aliphatic rings. The van der Waals surface area contributed by atoms with Crippen molar-refractivity contribution in [3.63, 3.8) is 0 Å². The number of allylic oxidation sites excluding steroid dienone is 1. The SMILES string of the molecule is C/C=C\O. The van der Waals surface area contributed by atoms with Gasteiger partial charge < -0.3 is 5.11 Å². The van der Waals surface area contributed by atoms with Crippen molar-refractivity contribution in [1.82, 2.24) is 0 Å². The molecule has 0 unspecified atom stereocenters. The second kappa shape index (κ2) is 2.54. The molecular formula is C3H6O. The van der Waals surface area contributed by atoms with E-state index in [0.29, 0.717) is 0 Å². The Hall–Kier alpha value is -0.460. The number of hydrogen-bond acceptors (Lipinski definition) is 1. The van der Waals surface area contributed by atoms with E-state index in [0.717, 1.165) is 6.26 Å². The Morgan fingerprint density at radius 2 is 2.00 bits per heavy atom. The zero-order valence-electron chi connectivity index (χ0n) is 2.60. The lowest BCUT2D eigenvalue weighted by Crippen LogP contribution is -1.36. The van der Waals surface area contributed by atoms with Crippen LogP contribution in [0.25, 0.3) is 0 Å². The molecular weight excluding hydrogens is 52.0 g/mol. The Balaban J connectivity index is 2.55. The molecule has 0 aliphatic carbocycles. The van der Waals surface area contributed by atoms with Crippen molar-refractivity contribution >= 4 is 0 Å². The third-order valence-corrected chi connectivity index (χ3v) is 0.149. The van der Waals surface area contributed by atoms with E-state index >= 15 is 0 Å². The maximum Gasteiger partial charge on any atom is 0.0748 e. The second-order valence-corrected chi connectivity index (χ2v) is 0.482. The van der Waals surface area contributed by atoms with Gasteiger partial charge >= 0.3 is 0 Å². The van der Waals surface area contributed by atoms with Crippen LogP contribution in [0.4, 0.5) is 0 Å². The van der Waals surface area contributed by atoms with Gasteiger partial charge in [-0.25, -0.2) is 0 Å². The van der Waals surface area contributed by atoms with E-state index in [1.807, 2.05) is 0 Å². The van der Waals surface area contributed by atoms with Crippen LogP contribution in [-0.4, -0.2) is 5.11 Å². The fraction of sp³-hybridized carbons (Fsp3) is 0.333. The Kier molecular flexibility index (Phi) is 2.25. The first-order valence-electron chi connectivity index (χ1n) is 1.17. The van der Waals surface area contributed by atoms with E-state index in [1.54, 1.807) is 13.0 Å². The summed E-state index contributed by atoms with van der Waals surface area (Å²) in [4.78, 5) is 0. The van der Waals surface area contributed by atoms with E-state index in [-0.39, 0.29) is 0 Å². The van der Waals surface area contributed by atoms with Gasteiger partial charge in [0, 0.05) is 0 Å². The number of hydrogen-bond donors (Lipinski definition) is 1. The Labute approximate surface area is 25.6 Å². The molecule has 0 spiro atoms. The van der Waals surface area contributed by atoms with Gasteiger partial charge in [0.2, 0.25) is 0 Å². The van der Waals surface area contributed by atoms with Crippen LogP contribution in [0.1, 0.15) is 6.92 Å². The average molecular weight is 58.1 g/mol. The maximum atomic E-state index is 7.69. The molecule has 0 bridgehead atoms. The predicted molar refractivity (Wildman–Crippen MR) is 17.4 cm³/mol. The molecule has 0 aromatic carbocycles. The van der Waals surface area contributed by atoms with Crippen molar-refractivity contribution in [2.45, 2.75) is 6.92 Å². The van der Waals surface area contributed by atoms with E-state index in [9.17, 15) is 0 Å². The van der Waals surface area contributed by atoms with Crippen LogP contribution >= 0.6 is 0 Å². The van der Waals surface area contributed by atoms with Gasteiger partial charge in [0.05, 0.1) is 6.26 Å². The van der Waals surface area contributed by atoms with Gasteiger partial charge in [-0.2, -0.15) is 0 Å². The topological polar surface area (TPSA) is 20.2 Å². The summed E-state index contributed by atoms with van der Waals surface area (Å²) in [5, 5.41) is 7.69. The predicted octanol–water partition coefficient (Wildman–Crippen LogP) is 1.08. The first-order chi connectivity index (χ1) is 1.91. The van der Waals surface area contributed by atoms with Crippen LogP contribution in [-0.2, 0) is 0 Å². The summed E-state index contributed by atoms with van der Waals surface area (Å²) in [7, 11) is 0. The molecule has 0 saturated carbocycles. The molecule has 24 valence electrons.